The van der Waals surface area contributed by atoms with E-state index < -0.39 is 5.60 Å². The summed E-state index contributed by atoms with van der Waals surface area (Å²) in [7, 11) is 0. The number of ether oxygens (including phenoxy) is 1. The minimum atomic E-state index is -0.570. The highest BCUT2D eigenvalue weighted by Gasteiger charge is 2.46. The Kier molecular flexibility index (Phi) is 6.31. The summed E-state index contributed by atoms with van der Waals surface area (Å²) in [6.07, 6.45) is 8.71. The number of amides is 1. The number of Topliss-reactive ketones (excluding diaryl/α,β-unsaturated/α-hetero) is 1. The highest BCUT2D eigenvalue weighted by molar-refractivity contribution is 5.91. The summed E-state index contributed by atoms with van der Waals surface area (Å²) in [6, 6.07) is 9.54. The van der Waals surface area contributed by atoms with E-state index in [1.54, 1.807) is 11.1 Å². The Bertz CT molecular complexity index is 943. The van der Waals surface area contributed by atoms with Gasteiger partial charge in [0.15, 0.2) is 5.78 Å². The van der Waals surface area contributed by atoms with E-state index in [0.29, 0.717) is 18.9 Å². The van der Waals surface area contributed by atoms with Crippen molar-refractivity contribution < 1.29 is 14.3 Å². The summed E-state index contributed by atoms with van der Waals surface area (Å²) in [5.41, 5.74) is 1.33. The standard InChI is InChI=1S/C26H34N2O3/c1-26(2,3)31-25(30)28-15-13-21(19-8-5-4-6-9-19)24(28)23(29)17-18-11-12-22-20(16-18)10-7-14-27-22/h7,10-12,14,16,19,21,24H,4-6,8-9,13,15,17H2,1-3H3/t21-,24-/m0/s1. The lowest BCUT2D eigenvalue weighted by Gasteiger charge is -2.34. The minimum absolute atomic E-state index is 0.127. The maximum Gasteiger partial charge on any atom is 0.410 e. The van der Waals surface area contributed by atoms with E-state index in [2.05, 4.69) is 4.98 Å². The van der Waals surface area contributed by atoms with Gasteiger partial charge in [0.1, 0.15) is 5.60 Å². The number of benzene rings is 1. The van der Waals surface area contributed by atoms with Crippen LogP contribution in [0.3, 0.4) is 0 Å². The molecule has 2 fully saturated rings. The molecule has 1 saturated heterocycles. The molecule has 0 radical (unpaired) electrons. The van der Waals surface area contributed by atoms with Gasteiger partial charge in [0.2, 0.25) is 0 Å². The Morgan fingerprint density at radius 1 is 1.10 bits per heavy atom. The van der Waals surface area contributed by atoms with E-state index in [1.165, 1.54) is 19.3 Å². The Balaban J connectivity index is 1.57. The third-order valence-corrected chi connectivity index (χ3v) is 6.70. The van der Waals surface area contributed by atoms with Crippen molar-refractivity contribution in [2.24, 2.45) is 11.8 Å². The second kappa shape index (κ2) is 8.97. The second-order valence-electron chi connectivity index (χ2n) is 10.1. The Morgan fingerprint density at radius 2 is 1.87 bits per heavy atom. The zero-order valence-electron chi connectivity index (χ0n) is 19.0. The molecule has 1 aromatic heterocycles. The number of carbonyl (C=O) groups is 2. The zero-order valence-corrected chi connectivity index (χ0v) is 19.0. The average molecular weight is 423 g/mol. The first-order valence-corrected chi connectivity index (χ1v) is 11.7. The summed E-state index contributed by atoms with van der Waals surface area (Å²) in [5.74, 6) is 0.889. The first kappa shape index (κ1) is 21.8. The van der Waals surface area contributed by atoms with Crippen LogP contribution in [0.25, 0.3) is 10.9 Å². The summed E-state index contributed by atoms with van der Waals surface area (Å²) in [6.45, 7) is 6.23. The van der Waals surface area contributed by atoms with Gasteiger partial charge in [-0.05, 0) is 62.8 Å². The SMILES string of the molecule is CC(C)(C)OC(=O)N1CC[C@@H](C2CCCCC2)[C@H]1C(=O)Cc1ccc2ncccc2c1. The van der Waals surface area contributed by atoms with Gasteiger partial charge in [0.25, 0.3) is 0 Å². The number of fused-ring (bicyclic) bond motifs is 1. The molecule has 4 rings (SSSR count). The third kappa shape index (κ3) is 5.08. The molecule has 166 valence electrons. The van der Waals surface area contributed by atoms with Crippen molar-refractivity contribution in [3.05, 3.63) is 42.1 Å². The summed E-state index contributed by atoms with van der Waals surface area (Å²) < 4.78 is 5.67. The van der Waals surface area contributed by atoms with Crippen LogP contribution in [0.15, 0.2) is 36.5 Å². The van der Waals surface area contributed by atoms with E-state index in [9.17, 15) is 9.59 Å². The maximum absolute atomic E-state index is 13.6. The number of hydrogen-bond donors (Lipinski definition) is 0. The number of rotatable bonds is 4. The second-order valence-corrected chi connectivity index (χ2v) is 10.1. The van der Waals surface area contributed by atoms with Crippen LogP contribution in [0.5, 0.6) is 0 Å². The molecule has 1 saturated carbocycles. The first-order chi connectivity index (χ1) is 14.8. The van der Waals surface area contributed by atoms with Crippen LogP contribution >= 0.6 is 0 Å². The number of likely N-dealkylation sites (tertiary alicyclic amines) is 1. The smallest absolute Gasteiger partial charge is 0.410 e. The quantitative estimate of drug-likeness (QED) is 0.648. The molecule has 0 N–H and O–H groups in total. The highest BCUT2D eigenvalue weighted by Crippen LogP contribution is 2.40. The fraction of sp³-hybridized carbons (Fsp3) is 0.577. The highest BCUT2D eigenvalue weighted by atomic mass is 16.6. The van der Waals surface area contributed by atoms with Crippen LogP contribution in [-0.2, 0) is 16.0 Å². The van der Waals surface area contributed by atoms with Gasteiger partial charge in [-0.1, -0.05) is 44.2 Å². The number of ketones is 1. The molecule has 1 aliphatic heterocycles. The Hall–Kier alpha value is -2.43. The molecule has 0 bridgehead atoms. The van der Waals surface area contributed by atoms with Crippen LogP contribution in [0.2, 0.25) is 0 Å². The molecule has 2 heterocycles. The molecule has 1 aliphatic carbocycles. The number of hydrogen-bond acceptors (Lipinski definition) is 4. The molecule has 1 aromatic carbocycles. The lowest BCUT2D eigenvalue weighted by atomic mass is 9.75. The molecule has 0 spiro atoms. The molecule has 5 heteroatoms. The lowest BCUT2D eigenvalue weighted by Crippen LogP contribution is -2.47. The van der Waals surface area contributed by atoms with Crippen molar-refractivity contribution in [2.75, 3.05) is 6.54 Å². The number of nitrogens with zero attached hydrogens (tertiary/aromatic N) is 2. The van der Waals surface area contributed by atoms with Gasteiger partial charge in [-0.25, -0.2) is 4.79 Å². The zero-order chi connectivity index (χ0) is 22.0. The van der Waals surface area contributed by atoms with Crippen molar-refractivity contribution in [1.82, 2.24) is 9.88 Å². The fourth-order valence-corrected chi connectivity index (χ4v) is 5.35. The predicted molar refractivity (Wildman–Crippen MR) is 122 cm³/mol. The molecule has 0 unspecified atom stereocenters. The summed E-state index contributed by atoms with van der Waals surface area (Å²) >= 11 is 0. The molecule has 1 amide bonds. The van der Waals surface area contributed by atoms with Crippen molar-refractivity contribution in [3.8, 4) is 0 Å². The van der Waals surface area contributed by atoms with Crippen molar-refractivity contribution in [1.29, 1.82) is 0 Å². The van der Waals surface area contributed by atoms with Crippen molar-refractivity contribution in [3.63, 3.8) is 0 Å². The van der Waals surface area contributed by atoms with Crippen LogP contribution in [-0.4, -0.2) is 39.9 Å². The molecular formula is C26H34N2O3. The number of pyridine rings is 1. The van der Waals surface area contributed by atoms with Crippen molar-refractivity contribution in [2.45, 2.75) is 77.4 Å². The minimum Gasteiger partial charge on any atom is -0.444 e. The van der Waals surface area contributed by atoms with E-state index in [1.807, 2.05) is 51.1 Å². The average Bonchev–Trinajstić information content (AvgIpc) is 3.19. The van der Waals surface area contributed by atoms with Gasteiger partial charge in [-0.2, -0.15) is 0 Å². The molecule has 31 heavy (non-hydrogen) atoms. The van der Waals surface area contributed by atoms with Gasteiger partial charge in [0.05, 0.1) is 11.6 Å². The number of carbonyl (C=O) groups excluding carboxylic acids is 2. The lowest BCUT2D eigenvalue weighted by molar-refractivity contribution is -0.124. The van der Waals surface area contributed by atoms with Gasteiger partial charge in [-0.3, -0.25) is 14.7 Å². The normalized spacial score (nSPS) is 22.6. The molecule has 2 aliphatic rings. The van der Waals surface area contributed by atoms with Crippen LogP contribution in [0, 0.1) is 11.8 Å². The fourth-order valence-electron chi connectivity index (χ4n) is 5.35. The summed E-state index contributed by atoms with van der Waals surface area (Å²) in [4.78, 5) is 32.7. The van der Waals surface area contributed by atoms with Crippen LogP contribution in [0.4, 0.5) is 4.79 Å². The van der Waals surface area contributed by atoms with E-state index >= 15 is 0 Å². The van der Waals surface area contributed by atoms with E-state index in [4.69, 9.17) is 4.74 Å². The van der Waals surface area contributed by atoms with Gasteiger partial charge in [0, 0.05) is 24.5 Å². The van der Waals surface area contributed by atoms with E-state index in [-0.39, 0.29) is 23.8 Å². The molecular weight excluding hydrogens is 388 g/mol. The third-order valence-electron chi connectivity index (χ3n) is 6.70. The Labute approximate surface area is 185 Å². The predicted octanol–water partition coefficient (Wildman–Crippen LogP) is 5.55. The van der Waals surface area contributed by atoms with Crippen LogP contribution in [0.1, 0.15) is 64.9 Å². The van der Waals surface area contributed by atoms with Gasteiger partial charge < -0.3 is 4.74 Å². The molecule has 2 atom stereocenters. The van der Waals surface area contributed by atoms with Crippen LogP contribution < -0.4 is 0 Å². The van der Waals surface area contributed by atoms with Gasteiger partial charge >= 0.3 is 6.09 Å². The first-order valence-electron chi connectivity index (χ1n) is 11.7. The molecule has 5 nitrogen and oxygen atoms in total. The number of aromatic nitrogens is 1. The topological polar surface area (TPSA) is 59.5 Å². The Morgan fingerprint density at radius 3 is 2.61 bits per heavy atom. The van der Waals surface area contributed by atoms with E-state index in [0.717, 1.165) is 35.7 Å². The largest absolute Gasteiger partial charge is 0.444 e. The van der Waals surface area contributed by atoms with Crippen molar-refractivity contribution >= 4 is 22.8 Å². The van der Waals surface area contributed by atoms with Gasteiger partial charge in [-0.15, -0.1) is 0 Å². The monoisotopic (exact) mass is 422 g/mol. The molecule has 2 aromatic rings. The maximum atomic E-state index is 13.6. The summed E-state index contributed by atoms with van der Waals surface area (Å²) in [5, 5.41) is 1.03.